The Hall–Kier alpha value is -2.04. The van der Waals surface area contributed by atoms with Crippen LogP contribution < -0.4 is 4.90 Å². The Balaban J connectivity index is 2.37. The molecule has 2 rings (SSSR count). The summed E-state index contributed by atoms with van der Waals surface area (Å²) in [4.78, 5) is 27.5. The predicted octanol–water partition coefficient (Wildman–Crippen LogP) is 2.60. The van der Waals surface area contributed by atoms with Gasteiger partial charge in [-0.3, -0.25) is 9.69 Å². The molecule has 0 fully saturated rings. The number of carboxylic acid groups (broad SMARTS) is 1. The number of para-hydroxylation sites is 1. The molecule has 0 aliphatic carbocycles. The molecule has 0 aromatic heterocycles. The summed E-state index contributed by atoms with van der Waals surface area (Å²) in [6, 6.07) is 7.51. The quantitative estimate of drug-likeness (QED) is 0.930. The molecule has 1 unspecified atom stereocenters. The Morgan fingerprint density at radius 3 is 2.62 bits per heavy atom. The lowest BCUT2D eigenvalue weighted by Crippen LogP contribution is -2.51. The molecule has 1 heterocycles. The molecule has 1 aliphatic heterocycles. The summed E-state index contributed by atoms with van der Waals surface area (Å²) >= 11 is 0. The predicted molar refractivity (Wildman–Crippen MR) is 81.5 cm³/mol. The molecule has 0 saturated carbocycles. The molecular weight excluding hydrogens is 268 g/mol. The van der Waals surface area contributed by atoms with Gasteiger partial charge in [-0.25, -0.2) is 4.79 Å². The van der Waals surface area contributed by atoms with Gasteiger partial charge in [-0.2, -0.15) is 0 Å². The molecule has 1 aliphatic rings. The van der Waals surface area contributed by atoms with E-state index in [2.05, 4.69) is 0 Å². The van der Waals surface area contributed by atoms with Crippen molar-refractivity contribution in [2.75, 3.05) is 18.0 Å². The minimum absolute atomic E-state index is 0.0832. The third-order valence-corrected chi connectivity index (χ3v) is 3.94. The minimum Gasteiger partial charge on any atom is -0.481 e. The average Bonchev–Trinajstić information content (AvgIpc) is 2.46. The second-order valence-corrected chi connectivity index (χ2v) is 5.64. The molecule has 5 heteroatoms. The Morgan fingerprint density at radius 1 is 1.38 bits per heavy atom. The highest BCUT2D eigenvalue weighted by Gasteiger charge is 2.34. The van der Waals surface area contributed by atoms with E-state index in [4.69, 9.17) is 0 Å². The monoisotopic (exact) mass is 290 g/mol. The first-order chi connectivity index (χ1) is 9.95. The van der Waals surface area contributed by atoms with Crippen LogP contribution in [-0.2, 0) is 11.2 Å². The molecule has 0 radical (unpaired) electrons. The fourth-order valence-corrected chi connectivity index (χ4v) is 2.82. The van der Waals surface area contributed by atoms with Crippen LogP contribution in [0.25, 0.3) is 0 Å². The van der Waals surface area contributed by atoms with Gasteiger partial charge in [0.25, 0.3) is 0 Å². The standard InChI is InChI=1S/C16H22N2O3/c1-4-17(11(2)3)16(21)18-10-13(15(19)20)9-12-7-5-6-8-14(12)18/h5-8,11,13H,4,9-10H2,1-3H3,(H,19,20). The molecule has 0 bridgehead atoms. The lowest BCUT2D eigenvalue weighted by molar-refractivity contribution is -0.141. The normalized spacial score (nSPS) is 17.5. The minimum atomic E-state index is -0.852. The number of carbonyl (C=O) groups excluding carboxylic acids is 1. The summed E-state index contributed by atoms with van der Waals surface area (Å²) in [6.45, 7) is 6.70. The number of carboxylic acids is 1. The number of aliphatic carboxylic acids is 1. The summed E-state index contributed by atoms with van der Waals surface area (Å²) in [6.07, 6.45) is 0.475. The smallest absolute Gasteiger partial charge is 0.324 e. The largest absolute Gasteiger partial charge is 0.481 e. The molecule has 114 valence electrons. The van der Waals surface area contributed by atoms with Crippen molar-refractivity contribution >= 4 is 17.7 Å². The molecule has 1 N–H and O–H groups in total. The molecule has 0 saturated heterocycles. The number of hydrogen-bond acceptors (Lipinski definition) is 2. The number of amides is 2. The van der Waals surface area contributed by atoms with Gasteiger partial charge >= 0.3 is 12.0 Å². The summed E-state index contributed by atoms with van der Waals surface area (Å²) in [5, 5.41) is 9.32. The first-order valence-electron chi connectivity index (χ1n) is 7.34. The van der Waals surface area contributed by atoms with Gasteiger partial charge in [0.1, 0.15) is 0 Å². The number of fused-ring (bicyclic) bond motifs is 1. The Morgan fingerprint density at radius 2 is 2.05 bits per heavy atom. The fraction of sp³-hybridized carbons (Fsp3) is 0.500. The number of urea groups is 1. The van der Waals surface area contributed by atoms with E-state index < -0.39 is 11.9 Å². The maximum atomic E-state index is 12.8. The maximum absolute atomic E-state index is 12.8. The zero-order valence-corrected chi connectivity index (χ0v) is 12.7. The van der Waals surface area contributed by atoms with Crippen LogP contribution in [0, 0.1) is 5.92 Å². The van der Waals surface area contributed by atoms with Crippen LogP contribution in [-0.4, -0.2) is 41.1 Å². The van der Waals surface area contributed by atoms with Gasteiger partial charge in [0.05, 0.1) is 5.92 Å². The van der Waals surface area contributed by atoms with Crippen molar-refractivity contribution < 1.29 is 14.7 Å². The van der Waals surface area contributed by atoms with E-state index in [9.17, 15) is 14.7 Å². The third-order valence-electron chi connectivity index (χ3n) is 3.94. The molecular formula is C16H22N2O3. The van der Waals surface area contributed by atoms with Crippen molar-refractivity contribution in [3.05, 3.63) is 29.8 Å². The van der Waals surface area contributed by atoms with Crippen LogP contribution in [0.5, 0.6) is 0 Å². The number of anilines is 1. The van der Waals surface area contributed by atoms with Crippen molar-refractivity contribution in [3.8, 4) is 0 Å². The highest BCUT2D eigenvalue weighted by molar-refractivity contribution is 5.94. The van der Waals surface area contributed by atoms with Gasteiger partial charge in [0, 0.05) is 24.8 Å². The topological polar surface area (TPSA) is 60.9 Å². The van der Waals surface area contributed by atoms with E-state index in [0.717, 1.165) is 11.3 Å². The van der Waals surface area contributed by atoms with Crippen molar-refractivity contribution in [1.82, 2.24) is 4.90 Å². The third kappa shape index (κ3) is 3.01. The van der Waals surface area contributed by atoms with E-state index in [-0.39, 0.29) is 18.6 Å². The highest BCUT2D eigenvalue weighted by atomic mass is 16.4. The number of nitrogens with zero attached hydrogens (tertiary/aromatic N) is 2. The summed E-state index contributed by atoms with van der Waals surface area (Å²) in [5.74, 6) is -1.40. The van der Waals surface area contributed by atoms with E-state index in [1.165, 1.54) is 0 Å². The number of carbonyl (C=O) groups is 2. The first-order valence-corrected chi connectivity index (χ1v) is 7.34. The maximum Gasteiger partial charge on any atom is 0.324 e. The second-order valence-electron chi connectivity index (χ2n) is 5.64. The van der Waals surface area contributed by atoms with E-state index in [1.807, 2.05) is 45.0 Å². The van der Waals surface area contributed by atoms with Gasteiger partial charge in [0.2, 0.25) is 0 Å². The Labute approximate surface area is 125 Å². The van der Waals surface area contributed by atoms with Gasteiger partial charge in [0.15, 0.2) is 0 Å². The van der Waals surface area contributed by atoms with Gasteiger partial charge in [-0.1, -0.05) is 18.2 Å². The molecule has 1 aromatic rings. The molecule has 1 aromatic carbocycles. The van der Waals surface area contributed by atoms with Crippen molar-refractivity contribution in [3.63, 3.8) is 0 Å². The Kier molecular flexibility index (Phi) is 4.50. The van der Waals surface area contributed by atoms with Crippen molar-refractivity contribution in [2.24, 2.45) is 5.92 Å². The SMILES string of the molecule is CCN(C(=O)N1CC(C(=O)O)Cc2ccccc21)C(C)C. The molecule has 1 atom stereocenters. The Bertz CT molecular complexity index is 542. The summed E-state index contributed by atoms with van der Waals surface area (Å²) in [7, 11) is 0. The van der Waals surface area contributed by atoms with E-state index in [1.54, 1.807) is 9.80 Å². The van der Waals surface area contributed by atoms with Crippen LogP contribution in [0.2, 0.25) is 0 Å². The number of hydrogen-bond donors (Lipinski definition) is 1. The van der Waals surface area contributed by atoms with E-state index >= 15 is 0 Å². The summed E-state index contributed by atoms with van der Waals surface area (Å²) < 4.78 is 0. The van der Waals surface area contributed by atoms with Crippen LogP contribution in [0.3, 0.4) is 0 Å². The van der Waals surface area contributed by atoms with Gasteiger partial charge in [-0.05, 0) is 38.8 Å². The van der Waals surface area contributed by atoms with Crippen LogP contribution in [0.15, 0.2) is 24.3 Å². The zero-order valence-electron chi connectivity index (χ0n) is 12.7. The first kappa shape index (κ1) is 15.4. The second kappa shape index (κ2) is 6.16. The summed E-state index contributed by atoms with van der Waals surface area (Å²) in [5.41, 5.74) is 1.75. The van der Waals surface area contributed by atoms with Crippen molar-refractivity contribution in [1.29, 1.82) is 0 Å². The molecule has 5 nitrogen and oxygen atoms in total. The lowest BCUT2D eigenvalue weighted by Gasteiger charge is -2.37. The zero-order chi connectivity index (χ0) is 15.6. The molecule has 2 amide bonds. The van der Waals surface area contributed by atoms with Crippen molar-refractivity contribution in [2.45, 2.75) is 33.2 Å². The van der Waals surface area contributed by atoms with Gasteiger partial charge in [-0.15, -0.1) is 0 Å². The highest BCUT2D eigenvalue weighted by Crippen LogP contribution is 2.30. The molecule has 21 heavy (non-hydrogen) atoms. The molecule has 0 spiro atoms. The number of rotatable bonds is 3. The van der Waals surface area contributed by atoms with Crippen LogP contribution in [0.1, 0.15) is 26.3 Å². The van der Waals surface area contributed by atoms with E-state index in [0.29, 0.717) is 13.0 Å². The lowest BCUT2D eigenvalue weighted by atomic mass is 9.92. The number of benzene rings is 1. The van der Waals surface area contributed by atoms with Gasteiger partial charge < -0.3 is 10.0 Å². The van der Waals surface area contributed by atoms with Crippen LogP contribution in [0.4, 0.5) is 10.5 Å². The van der Waals surface area contributed by atoms with Crippen LogP contribution >= 0.6 is 0 Å². The average molecular weight is 290 g/mol. The fourth-order valence-electron chi connectivity index (χ4n) is 2.82.